The molecule has 0 aliphatic heterocycles. The van der Waals surface area contributed by atoms with Crippen LogP contribution in [0.2, 0.25) is 0 Å². The fraction of sp³-hybridized carbons (Fsp3) is 0.333. The van der Waals surface area contributed by atoms with Crippen molar-refractivity contribution in [1.29, 1.82) is 0 Å². The molecule has 0 spiro atoms. The first-order chi connectivity index (χ1) is 12.8. The number of halogens is 1. The lowest BCUT2D eigenvalue weighted by Gasteiger charge is -2.23. The molecule has 0 radical (unpaired) electrons. The fourth-order valence-electron chi connectivity index (χ4n) is 2.53. The van der Waals surface area contributed by atoms with E-state index < -0.39 is 11.9 Å². The van der Waals surface area contributed by atoms with E-state index in [2.05, 4.69) is 24.5 Å². The van der Waals surface area contributed by atoms with Crippen LogP contribution in [-0.4, -0.2) is 36.3 Å². The molecule has 0 bridgehead atoms. The highest BCUT2D eigenvalue weighted by Gasteiger charge is 2.20. The highest BCUT2D eigenvalue weighted by atomic mass is 19.1. The molecule has 1 atom stereocenters. The maximum Gasteiger partial charge on any atom is 0.241 e. The average molecular weight is 371 g/mol. The first kappa shape index (κ1) is 20.6. The molecule has 0 aliphatic rings. The van der Waals surface area contributed by atoms with Crippen LogP contribution >= 0.6 is 0 Å². The zero-order valence-corrected chi connectivity index (χ0v) is 16.1. The molecule has 6 heteroatoms. The van der Waals surface area contributed by atoms with Crippen molar-refractivity contribution in [3.8, 4) is 0 Å². The number of anilines is 2. The van der Waals surface area contributed by atoms with E-state index in [1.165, 1.54) is 23.8 Å². The average Bonchev–Trinajstić information content (AvgIpc) is 2.61. The summed E-state index contributed by atoms with van der Waals surface area (Å²) in [6.45, 7) is 5.96. The van der Waals surface area contributed by atoms with Crippen LogP contribution in [-0.2, 0) is 9.59 Å². The van der Waals surface area contributed by atoms with Gasteiger partial charge >= 0.3 is 0 Å². The molecular formula is C21H26FN3O2. The summed E-state index contributed by atoms with van der Waals surface area (Å²) in [5, 5.41) is 5.48. The van der Waals surface area contributed by atoms with E-state index in [9.17, 15) is 14.0 Å². The molecule has 2 amide bonds. The molecule has 0 saturated heterocycles. The summed E-state index contributed by atoms with van der Waals surface area (Å²) in [6, 6.07) is 12.9. The lowest BCUT2D eigenvalue weighted by molar-refractivity contribution is -0.122. The third-order valence-corrected chi connectivity index (χ3v) is 4.39. The van der Waals surface area contributed by atoms with Crippen molar-refractivity contribution >= 4 is 23.2 Å². The molecular weight excluding hydrogens is 345 g/mol. The summed E-state index contributed by atoms with van der Waals surface area (Å²) < 4.78 is 13.2. The van der Waals surface area contributed by atoms with Crippen molar-refractivity contribution in [2.75, 3.05) is 24.2 Å². The van der Waals surface area contributed by atoms with Crippen LogP contribution in [0.25, 0.3) is 0 Å². The Kier molecular flexibility index (Phi) is 7.07. The number of hydrogen-bond acceptors (Lipinski definition) is 3. The van der Waals surface area contributed by atoms with E-state index in [0.29, 0.717) is 17.3 Å². The lowest BCUT2D eigenvalue weighted by Crippen LogP contribution is -2.43. The number of benzene rings is 2. The Hall–Kier alpha value is -2.73. The van der Waals surface area contributed by atoms with Crippen LogP contribution in [0.15, 0.2) is 48.5 Å². The van der Waals surface area contributed by atoms with E-state index in [1.54, 1.807) is 24.9 Å². The Balaban J connectivity index is 1.88. The van der Waals surface area contributed by atoms with Gasteiger partial charge in [-0.3, -0.25) is 14.5 Å². The number of hydrogen-bond donors (Lipinski definition) is 2. The van der Waals surface area contributed by atoms with Crippen LogP contribution < -0.4 is 10.6 Å². The molecule has 0 aromatic heterocycles. The van der Waals surface area contributed by atoms with Gasteiger partial charge < -0.3 is 10.6 Å². The molecule has 2 aromatic carbocycles. The highest BCUT2D eigenvalue weighted by molar-refractivity contribution is 5.96. The summed E-state index contributed by atoms with van der Waals surface area (Å²) in [7, 11) is 1.69. The second-order valence-corrected chi connectivity index (χ2v) is 6.92. The van der Waals surface area contributed by atoms with Gasteiger partial charge in [0.05, 0.1) is 12.6 Å². The Morgan fingerprint density at radius 3 is 2.26 bits per heavy atom. The quantitative estimate of drug-likeness (QED) is 0.777. The molecule has 0 aliphatic carbocycles. The second kappa shape index (κ2) is 9.28. The van der Waals surface area contributed by atoms with Crippen molar-refractivity contribution in [1.82, 2.24) is 4.90 Å². The summed E-state index contributed by atoms with van der Waals surface area (Å²) in [5.74, 6) is -0.508. The molecule has 0 fully saturated rings. The fourth-order valence-corrected chi connectivity index (χ4v) is 2.53. The number of rotatable bonds is 7. The highest BCUT2D eigenvalue weighted by Crippen LogP contribution is 2.17. The number of likely N-dealkylation sites (N-methyl/N-ethyl adjacent to an activating group) is 1. The van der Waals surface area contributed by atoms with Gasteiger partial charge in [-0.05, 0) is 55.8 Å². The van der Waals surface area contributed by atoms with Gasteiger partial charge in [0.25, 0.3) is 0 Å². The number of carbonyl (C=O) groups excluding carboxylic acids is 2. The van der Waals surface area contributed by atoms with Crippen LogP contribution in [0.4, 0.5) is 15.8 Å². The van der Waals surface area contributed by atoms with Crippen LogP contribution in [0.3, 0.4) is 0 Å². The minimum atomic E-state index is -0.506. The molecule has 2 aromatic rings. The number of nitrogens with zero attached hydrogens (tertiary/aromatic N) is 1. The number of nitrogens with one attached hydrogen (secondary N) is 2. The topological polar surface area (TPSA) is 61.4 Å². The minimum Gasteiger partial charge on any atom is -0.325 e. The predicted octanol–water partition coefficient (Wildman–Crippen LogP) is 3.85. The Bertz CT molecular complexity index is 790. The largest absolute Gasteiger partial charge is 0.325 e. The first-order valence-corrected chi connectivity index (χ1v) is 8.92. The van der Waals surface area contributed by atoms with E-state index in [4.69, 9.17) is 0 Å². The van der Waals surface area contributed by atoms with Gasteiger partial charge in [0.2, 0.25) is 11.8 Å². The van der Waals surface area contributed by atoms with Crippen LogP contribution in [0, 0.1) is 5.82 Å². The molecule has 2 rings (SSSR count). The van der Waals surface area contributed by atoms with Crippen molar-refractivity contribution in [3.05, 3.63) is 59.9 Å². The Morgan fingerprint density at radius 1 is 1.00 bits per heavy atom. The molecule has 2 N–H and O–H groups in total. The van der Waals surface area contributed by atoms with Gasteiger partial charge in [-0.25, -0.2) is 4.39 Å². The maximum absolute atomic E-state index is 13.2. The monoisotopic (exact) mass is 371 g/mol. The third kappa shape index (κ3) is 6.18. The molecule has 27 heavy (non-hydrogen) atoms. The first-order valence-electron chi connectivity index (χ1n) is 8.92. The molecule has 144 valence electrons. The summed E-state index contributed by atoms with van der Waals surface area (Å²) in [4.78, 5) is 26.2. The van der Waals surface area contributed by atoms with Crippen molar-refractivity contribution in [2.24, 2.45) is 0 Å². The smallest absolute Gasteiger partial charge is 0.241 e. The molecule has 0 heterocycles. The molecule has 0 saturated carbocycles. The predicted molar refractivity (Wildman–Crippen MR) is 106 cm³/mol. The minimum absolute atomic E-state index is 0.0113. The van der Waals surface area contributed by atoms with Gasteiger partial charge in [0, 0.05) is 11.4 Å². The second-order valence-electron chi connectivity index (χ2n) is 6.92. The van der Waals surface area contributed by atoms with E-state index >= 15 is 0 Å². The standard InChI is InChI=1S/C21H26FN3O2/c1-14(2)16-8-10-18(11-9-16)24-21(27)15(3)25(4)13-20(26)23-19-7-5-6-17(22)12-19/h5-12,14-15H,13H2,1-4H3,(H,23,26)(H,24,27)/t15-/m0/s1. The zero-order valence-electron chi connectivity index (χ0n) is 16.1. The molecule has 0 unspecified atom stereocenters. The van der Waals surface area contributed by atoms with E-state index in [1.807, 2.05) is 24.3 Å². The summed E-state index contributed by atoms with van der Waals surface area (Å²) >= 11 is 0. The molecule has 5 nitrogen and oxygen atoms in total. The van der Waals surface area contributed by atoms with Gasteiger partial charge in [0.1, 0.15) is 5.82 Å². The van der Waals surface area contributed by atoms with Gasteiger partial charge in [-0.1, -0.05) is 32.0 Å². The summed E-state index contributed by atoms with van der Waals surface area (Å²) in [5.41, 5.74) is 2.30. The van der Waals surface area contributed by atoms with Gasteiger partial charge in [-0.2, -0.15) is 0 Å². The van der Waals surface area contributed by atoms with Crippen molar-refractivity contribution in [2.45, 2.75) is 32.7 Å². The Morgan fingerprint density at radius 2 is 1.67 bits per heavy atom. The van der Waals surface area contributed by atoms with Crippen LogP contribution in [0.1, 0.15) is 32.3 Å². The SMILES string of the molecule is CC(C)c1ccc(NC(=O)[C@H](C)N(C)CC(=O)Nc2cccc(F)c2)cc1. The van der Waals surface area contributed by atoms with Gasteiger partial charge in [0.15, 0.2) is 0 Å². The number of amides is 2. The van der Waals surface area contributed by atoms with Crippen molar-refractivity contribution in [3.63, 3.8) is 0 Å². The lowest BCUT2D eigenvalue weighted by atomic mass is 10.0. The number of carbonyl (C=O) groups is 2. The normalized spacial score (nSPS) is 12.1. The maximum atomic E-state index is 13.2. The van der Waals surface area contributed by atoms with Gasteiger partial charge in [-0.15, -0.1) is 0 Å². The Labute approximate surface area is 159 Å². The summed E-state index contributed by atoms with van der Waals surface area (Å²) in [6.07, 6.45) is 0. The van der Waals surface area contributed by atoms with Crippen molar-refractivity contribution < 1.29 is 14.0 Å². The van der Waals surface area contributed by atoms with Crippen LogP contribution in [0.5, 0.6) is 0 Å². The third-order valence-electron chi connectivity index (χ3n) is 4.39. The van der Waals surface area contributed by atoms with E-state index in [0.717, 1.165) is 0 Å². The zero-order chi connectivity index (χ0) is 20.0. The van der Waals surface area contributed by atoms with E-state index in [-0.39, 0.29) is 18.4 Å².